The summed E-state index contributed by atoms with van der Waals surface area (Å²) < 4.78 is 10.6. The second kappa shape index (κ2) is 5.65. The van der Waals surface area contributed by atoms with Crippen molar-refractivity contribution in [2.24, 2.45) is 0 Å². The maximum absolute atomic E-state index is 10.3. The van der Waals surface area contributed by atoms with E-state index in [0.29, 0.717) is 11.5 Å². The van der Waals surface area contributed by atoms with Crippen LogP contribution in [0, 0.1) is 0 Å². The van der Waals surface area contributed by atoms with Crippen LogP contribution in [0.4, 0.5) is 0 Å². The van der Waals surface area contributed by atoms with Gasteiger partial charge in [0, 0.05) is 17.2 Å². The normalized spacial score (nSPS) is 10.3. The molecule has 3 heteroatoms. The first-order valence-corrected chi connectivity index (χ1v) is 6.24. The summed E-state index contributed by atoms with van der Waals surface area (Å²) in [5, 5.41) is 10.3. The van der Waals surface area contributed by atoms with Gasteiger partial charge in [-0.05, 0) is 24.1 Å². The minimum absolute atomic E-state index is 0.313. The summed E-state index contributed by atoms with van der Waals surface area (Å²) >= 11 is 0. The zero-order valence-corrected chi connectivity index (χ0v) is 11.4. The molecule has 2 aromatic carbocycles. The number of phenolic OH excluding ortho intramolecular Hbond substituents is 1. The molecule has 0 fully saturated rings. The topological polar surface area (TPSA) is 38.7 Å². The summed E-state index contributed by atoms with van der Waals surface area (Å²) in [6, 6.07) is 11.3. The Morgan fingerprint density at radius 3 is 2.42 bits per heavy atom. The molecule has 2 rings (SSSR count). The molecule has 1 N–H and O–H groups in total. The lowest BCUT2D eigenvalue weighted by Gasteiger charge is -2.13. The molecule has 0 atom stereocenters. The van der Waals surface area contributed by atoms with Crippen molar-refractivity contribution in [1.29, 1.82) is 0 Å². The van der Waals surface area contributed by atoms with Crippen LogP contribution in [0.1, 0.15) is 12.5 Å². The average Bonchev–Trinajstić information content (AvgIpc) is 2.47. The fourth-order valence-electron chi connectivity index (χ4n) is 2.11. The molecule has 0 spiro atoms. The molecule has 0 saturated heterocycles. The Kier molecular flexibility index (Phi) is 3.95. The average molecular weight is 258 g/mol. The van der Waals surface area contributed by atoms with Crippen molar-refractivity contribution in [2.75, 3.05) is 14.2 Å². The third kappa shape index (κ3) is 2.50. The van der Waals surface area contributed by atoms with E-state index in [-0.39, 0.29) is 0 Å². The molecule has 100 valence electrons. The first-order valence-electron chi connectivity index (χ1n) is 6.24. The molecular formula is C16H18O3. The number of ether oxygens (including phenoxy) is 2. The van der Waals surface area contributed by atoms with Crippen LogP contribution in [-0.4, -0.2) is 19.3 Å². The number of hydrogen-bond donors (Lipinski definition) is 1. The molecule has 19 heavy (non-hydrogen) atoms. The van der Waals surface area contributed by atoms with Gasteiger partial charge in [0.15, 0.2) is 0 Å². The number of methoxy groups -OCH3 is 2. The lowest BCUT2D eigenvalue weighted by molar-refractivity contribution is 0.395. The van der Waals surface area contributed by atoms with Crippen molar-refractivity contribution in [1.82, 2.24) is 0 Å². The van der Waals surface area contributed by atoms with Gasteiger partial charge in [-0.15, -0.1) is 0 Å². The van der Waals surface area contributed by atoms with E-state index in [0.717, 1.165) is 28.9 Å². The highest BCUT2D eigenvalue weighted by Crippen LogP contribution is 2.39. The van der Waals surface area contributed by atoms with Crippen molar-refractivity contribution < 1.29 is 14.6 Å². The lowest BCUT2D eigenvalue weighted by atomic mass is 9.99. The van der Waals surface area contributed by atoms with Crippen LogP contribution in [0.15, 0.2) is 36.4 Å². The molecule has 2 aromatic rings. The van der Waals surface area contributed by atoms with Crippen LogP contribution in [0.5, 0.6) is 17.2 Å². The van der Waals surface area contributed by atoms with E-state index in [1.54, 1.807) is 14.2 Å². The molecule has 0 aromatic heterocycles. The van der Waals surface area contributed by atoms with Gasteiger partial charge >= 0.3 is 0 Å². The van der Waals surface area contributed by atoms with Gasteiger partial charge in [-0.3, -0.25) is 0 Å². The second-order valence-corrected chi connectivity index (χ2v) is 4.23. The quantitative estimate of drug-likeness (QED) is 0.910. The molecule has 3 nitrogen and oxygen atoms in total. The Morgan fingerprint density at radius 2 is 1.79 bits per heavy atom. The van der Waals surface area contributed by atoms with E-state index in [4.69, 9.17) is 9.47 Å². The van der Waals surface area contributed by atoms with Crippen LogP contribution >= 0.6 is 0 Å². The Hall–Kier alpha value is -2.16. The van der Waals surface area contributed by atoms with Crippen molar-refractivity contribution in [3.63, 3.8) is 0 Å². The predicted molar refractivity (Wildman–Crippen MR) is 76.0 cm³/mol. The highest BCUT2D eigenvalue weighted by atomic mass is 16.5. The third-order valence-electron chi connectivity index (χ3n) is 3.20. The van der Waals surface area contributed by atoms with Gasteiger partial charge in [-0.2, -0.15) is 0 Å². The van der Waals surface area contributed by atoms with Crippen molar-refractivity contribution in [2.45, 2.75) is 13.3 Å². The lowest BCUT2D eigenvalue weighted by Crippen LogP contribution is -1.92. The number of aryl methyl sites for hydroxylation is 1. The first kappa shape index (κ1) is 13.3. The Balaban J connectivity index is 2.58. The second-order valence-electron chi connectivity index (χ2n) is 4.23. The van der Waals surface area contributed by atoms with E-state index >= 15 is 0 Å². The molecule has 0 unspecified atom stereocenters. The summed E-state index contributed by atoms with van der Waals surface area (Å²) in [6.07, 6.45) is 0.790. The van der Waals surface area contributed by atoms with Gasteiger partial charge in [0.25, 0.3) is 0 Å². The number of benzene rings is 2. The van der Waals surface area contributed by atoms with E-state index in [9.17, 15) is 5.11 Å². The molecule has 0 amide bonds. The van der Waals surface area contributed by atoms with Crippen LogP contribution in [0.3, 0.4) is 0 Å². The van der Waals surface area contributed by atoms with Gasteiger partial charge in [0.2, 0.25) is 0 Å². The van der Waals surface area contributed by atoms with Gasteiger partial charge in [0.1, 0.15) is 17.2 Å². The summed E-state index contributed by atoms with van der Waals surface area (Å²) in [7, 11) is 3.22. The highest BCUT2D eigenvalue weighted by molar-refractivity contribution is 5.77. The number of hydrogen-bond acceptors (Lipinski definition) is 3. The largest absolute Gasteiger partial charge is 0.507 e. The minimum Gasteiger partial charge on any atom is -0.507 e. The zero-order valence-electron chi connectivity index (χ0n) is 11.4. The minimum atomic E-state index is 0.313. The summed E-state index contributed by atoms with van der Waals surface area (Å²) in [4.78, 5) is 0. The molecule has 0 heterocycles. The van der Waals surface area contributed by atoms with E-state index in [2.05, 4.69) is 0 Å². The number of phenols is 1. The summed E-state index contributed by atoms with van der Waals surface area (Å²) in [5.74, 6) is 1.73. The van der Waals surface area contributed by atoms with Crippen LogP contribution < -0.4 is 9.47 Å². The van der Waals surface area contributed by atoms with Gasteiger partial charge in [-0.25, -0.2) is 0 Å². The SMILES string of the molecule is CCc1cccc(-c2ccc(OC)cc2OC)c1O. The summed E-state index contributed by atoms with van der Waals surface area (Å²) in [5.41, 5.74) is 2.56. The smallest absolute Gasteiger partial charge is 0.130 e. The molecule has 0 aliphatic heterocycles. The maximum Gasteiger partial charge on any atom is 0.130 e. The molecule has 0 bridgehead atoms. The molecule has 0 radical (unpaired) electrons. The van der Waals surface area contributed by atoms with Crippen molar-refractivity contribution >= 4 is 0 Å². The van der Waals surface area contributed by atoms with E-state index < -0.39 is 0 Å². The van der Waals surface area contributed by atoms with Gasteiger partial charge < -0.3 is 14.6 Å². The van der Waals surface area contributed by atoms with Gasteiger partial charge in [0.05, 0.1) is 14.2 Å². The fraction of sp³-hybridized carbons (Fsp3) is 0.250. The first-order chi connectivity index (χ1) is 9.21. The molecular weight excluding hydrogens is 240 g/mol. The number of rotatable bonds is 4. The van der Waals surface area contributed by atoms with Gasteiger partial charge in [-0.1, -0.05) is 25.1 Å². The Bertz CT molecular complexity index is 576. The monoisotopic (exact) mass is 258 g/mol. The van der Waals surface area contributed by atoms with E-state index in [1.807, 2.05) is 43.3 Å². The molecule has 0 aliphatic carbocycles. The standard InChI is InChI=1S/C16H18O3/c1-4-11-6-5-7-14(16(11)17)13-9-8-12(18-2)10-15(13)19-3/h5-10,17H,4H2,1-3H3. The number of para-hydroxylation sites is 1. The van der Waals surface area contributed by atoms with Crippen LogP contribution in [-0.2, 0) is 6.42 Å². The fourth-order valence-corrected chi connectivity index (χ4v) is 2.11. The third-order valence-corrected chi connectivity index (χ3v) is 3.20. The van der Waals surface area contributed by atoms with E-state index in [1.165, 1.54) is 0 Å². The zero-order chi connectivity index (χ0) is 13.8. The predicted octanol–water partition coefficient (Wildman–Crippen LogP) is 3.64. The Morgan fingerprint density at radius 1 is 1.00 bits per heavy atom. The number of aromatic hydroxyl groups is 1. The highest BCUT2D eigenvalue weighted by Gasteiger charge is 2.13. The molecule has 0 saturated carbocycles. The summed E-state index contributed by atoms with van der Waals surface area (Å²) in [6.45, 7) is 2.02. The van der Waals surface area contributed by atoms with Crippen molar-refractivity contribution in [3.8, 4) is 28.4 Å². The van der Waals surface area contributed by atoms with Crippen LogP contribution in [0.2, 0.25) is 0 Å². The maximum atomic E-state index is 10.3. The molecule has 0 aliphatic rings. The van der Waals surface area contributed by atoms with Crippen molar-refractivity contribution in [3.05, 3.63) is 42.0 Å². The van der Waals surface area contributed by atoms with Crippen LogP contribution in [0.25, 0.3) is 11.1 Å². The Labute approximate surface area is 113 Å².